The maximum atomic E-state index is 12.6. The van der Waals surface area contributed by atoms with Crippen LogP contribution >= 0.6 is 0 Å². The van der Waals surface area contributed by atoms with Gasteiger partial charge in [-0.05, 0) is 18.4 Å². The van der Waals surface area contributed by atoms with Gasteiger partial charge in [0.2, 0.25) is 11.8 Å². The SMILES string of the molecule is CN(Cc1ccccc1)C(=O)CCC(=O)N1CCC[C@H]1C(=O)C(F)(F)F. The molecule has 1 fully saturated rings. The summed E-state index contributed by atoms with van der Waals surface area (Å²) in [6, 6.07) is 7.84. The van der Waals surface area contributed by atoms with Crippen molar-refractivity contribution in [3.05, 3.63) is 35.9 Å². The highest BCUT2D eigenvalue weighted by molar-refractivity contribution is 5.93. The molecule has 0 aromatic heterocycles. The summed E-state index contributed by atoms with van der Waals surface area (Å²) in [5.41, 5.74) is 0.935. The van der Waals surface area contributed by atoms with E-state index >= 15 is 0 Å². The molecule has 1 aromatic carbocycles. The lowest BCUT2D eigenvalue weighted by Crippen LogP contribution is -2.46. The highest BCUT2D eigenvalue weighted by atomic mass is 19.4. The number of hydrogen-bond acceptors (Lipinski definition) is 3. The summed E-state index contributed by atoms with van der Waals surface area (Å²) in [6.45, 7) is 0.492. The van der Waals surface area contributed by atoms with Crippen LogP contribution in [0.1, 0.15) is 31.2 Å². The topological polar surface area (TPSA) is 57.7 Å². The van der Waals surface area contributed by atoms with E-state index in [1.807, 2.05) is 30.3 Å². The van der Waals surface area contributed by atoms with E-state index in [4.69, 9.17) is 0 Å². The Kier molecular flexibility index (Phi) is 6.39. The molecule has 0 saturated carbocycles. The van der Waals surface area contributed by atoms with E-state index in [0.717, 1.165) is 10.5 Å². The molecule has 1 heterocycles. The van der Waals surface area contributed by atoms with Crippen LogP contribution in [-0.2, 0) is 20.9 Å². The van der Waals surface area contributed by atoms with Gasteiger partial charge in [0, 0.05) is 33.0 Å². The van der Waals surface area contributed by atoms with Crippen LogP contribution < -0.4 is 0 Å². The molecule has 0 bridgehead atoms. The smallest absolute Gasteiger partial charge is 0.341 e. The molecule has 0 unspecified atom stereocenters. The second-order valence-corrected chi connectivity index (χ2v) is 6.34. The van der Waals surface area contributed by atoms with Gasteiger partial charge in [0.15, 0.2) is 0 Å². The Morgan fingerprint density at radius 1 is 1.15 bits per heavy atom. The molecule has 0 radical (unpaired) electrons. The Bertz CT molecular complexity index is 661. The minimum atomic E-state index is -4.96. The molecule has 1 atom stereocenters. The fourth-order valence-corrected chi connectivity index (χ4v) is 3.02. The van der Waals surface area contributed by atoms with Crippen LogP contribution in [0.4, 0.5) is 13.2 Å². The molecule has 26 heavy (non-hydrogen) atoms. The van der Waals surface area contributed by atoms with Gasteiger partial charge in [-0.25, -0.2) is 0 Å². The Balaban J connectivity index is 1.87. The molecule has 2 rings (SSSR count). The van der Waals surface area contributed by atoms with Gasteiger partial charge in [-0.2, -0.15) is 13.2 Å². The molecule has 1 aliphatic heterocycles. The predicted octanol–water partition coefficient (Wildman–Crippen LogP) is 2.55. The zero-order chi connectivity index (χ0) is 19.3. The summed E-state index contributed by atoms with van der Waals surface area (Å²) in [4.78, 5) is 38.2. The maximum Gasteiger partial charge on any atom is 0.452 e. The number of ketones is 1. The number of Topliss-reactive ketones (excluding diaryl/α,β-unsaturated/α-hetero) is 1. The third-order valence-electron chi connectivity index (χ3n) is 4.40. The highest BCUT2D eigenvalue weighted by Crippen LogP contribution is 2.27. The van der Waals surface area contributed by atoms with Crippen LogP contribution in [0.5, 0.6) is 0 Å². The van der Waals surface area contributed by atoms with E-state index < -0.39 is 23.9 Å². The van der Waals surface area contributed by atoms with Crippen LogP contribution in [0.15, 0.2) is 30.3 Å². The van der Waals surface area contributed by atoms with Crippen molar-refractivity contribution in [3.63, 3.8) is 0 Å². The fraction of sp³-hybridized carbons (Fsp3) is 0.500. The van der Waals surface area contributed by atoms with E-state index in [9.17, 15) is 27.6 Å². The van der Waals surface area contributed by atoms with Crippen molar-refractivity contribution in [1.29, 1.82) is 0 Å². The Morgan fingerprint density at radius 3 is 2.42 bits per heavy atom. The van der Waals surface area contributed by atoms with Crippen molar-refractivity contribution in [2.75, 3.05) is 13.6 Å². The quantitative estimate of drug-likeness (QED) is 0.773. The molecule has 5 nitrogen and oxygen atoms in total. The minimum absolute atomic E-state index is 0.00589. The summed E-state index contributed by atoms with van der Waals surface area (Å²) >= 11 is 0. The number of amides is 2. The fourth-order valence-electron chi connectivity index (χ4n) is 3.02. The number of carbonyl (C=O) groups is 3. The summed E-state index contributed by atoms with van der Waals surface area (Å²) in [7, 11) is 1.60. The molecule has 1 saturated heterocycles. The number of rotatable bonds is 6. The summed E-state index contributed by atoms with van der Waals surface area (Å²) in [5, 5.41) is 0. The Labute approximate surface area is 149 Å². The number of carbonyl (C=O) groups excluding carboxylic acids is 3. The maximum absolute atomic E-state index is 12.6. The van der Waals surface area contributed by atoms with Crippen LogP contribution in [0.2, 0.25) is 0 Å². The average molecular weight is 370 g/mol. The van der Waals surface area contributed by atoms with Gasteiger partial charge in [-0.3, -0.25) is 14.4 Å². The zero-order valence-corrected chi connectivity index (χ0v) is 14.5. The number of likely N-dealkylation sites (tertiary alicyclic amines) is 1. The lowest BCUT2D eigenvalue weighted by atomic mass is 10.1. The van der Waals surface area contributed by atoms with Crippen molar-refractivity contribution in [1.82, 2.24) is 9.80 Å². The van der Waals surface area contributed by atoms with Crippen molar-refractivity contribution >= 4 is 17.6 Å². The lowest BCUT2D eigenvalue weighted by molar-refractivity contribution is -0.176. The van der Waals surface area contributed by atoms with Gasteiger partial charge in [-0.15, -0.1) is 0 Å². The first-order valence-corrected chi connectivity index (χ1v) is 8.38. The highest BCUT2D eigenvalue weighted by Gasteiger charge is 2.47. The lowest BCUT2D eigenvalue weighted by Gasteiger charge is -2.25. The van der Waals surface area contributed by atoms with Crippen LogP contribution in [0.25, 0.3) is 0 Å². The van der Waals surface area contributed by atoms with Gasteiger partial charge in [0.25, 0.3) is 5.78 Å². The second-order valence-electron chi connectivity index (χ2n) is 6.34. The molecule has 0 aliphatic carbocycles. The third kappa shape index (κ3) is 5.06. The molecule has 0 spiro atoms. The average Bonchev–Trinajstić information content (AvgIpc) is 3.08. The number of alkyl halides is 3. The van der Waals surface area contributed by atoms with Crippen molar-refractivity contribution in [2.24, 2.45) is 0 Å². The number of hydrogen-bond donors (Lipinski definition) is 0. The van der Waals surface area contributed by atoms with Crippen molar-refractivity contribution < 1.29 is 27.6 Å². The second kappa shape index (κ2) is 8.33. The van der Waals surface area contributed by atoms with E-state index in [0.29, 0.717) is 13.0 Å². The first-order chi connectivity index (χ1) is 12.2. The van der Waals surface area contributed by atoms with Gasteiger partial charge < -0.3 is 9.80 Å². The molecular formula is C18H21F3N2O3. The van der Waals surface area contributed by atoms with E-state index in [1.54, 1.807) is 7.05 Å². The molecule has 1 aliphatic rings. The summed E-state index contributed by atoms with van der Waals surface area (Å²) < 4.78 is 37.8. The van der Waals surface area contributed by atoms with Crippen LogP contribution in [-0.4, -0.2) is 53.2 Å². The zero-order valence-electron chi connectivity index (χ0n) is 14.5. The first-order valence-electron chi connectivity index (χ1n) is 8.38. The summed E-state index contributed by atoms with van der Waals surface area (Å²) in [5.74, 6) is -2.76. The van der Waals surface area contributed by atoms with Gasteiger partial charge in [0.1, 0.15) is 0 Å². The minimum Gasteiger partial charge on any atom is -0.341 e. The monoisotopic (exact) mass is 370 g/mol. The van der Waals surface area contributed by atoms with E-state index in [-0.39, 0.29) is 31.7 Å². The van der Waals surface area contributed by atoms with Gasteiger partial charge >= 0.3 is 6.18 Å². The van der Waals surface area contributed by atoms with Crippen LogP contribution in [0.3, 0.4) is 0 Å². The standard InChI is InChI=1S/C18H21F3N2O3/c1-22(12-13-6-3-2-4-7-13)15(24)9-10-16(25)23-11-5-8-14(23)17(26)18(19,20)21/h2-4,6-7,14H,5,8-12H2,1H3/t14-/m0/s1. The van der Waals surface area contributed by atoms with E-state index in [2.05, 4.69) is 0 Å². The van der Waals surface area contributed by atoms with Gasteiger partial charge in [0.05, 0.1) is 6.04 Å². The number of benzene rings is 1. The molecule has 0 N–H and O–H groups in total. The molecule has 142 valence electrons. The Hall–Kier alpha value is -2.38. The number of nitrogens with zero attached hydrogens (tertiary/aromatic N) is 2. The predicted molar refractivity (Wildman–Crippen MR) is 87.9 cm³/mol. The summed E-state index contributed by atoms with van der Waals surface area (Å²) in [6.07, 6.45) is -4.92. The van der Waals surface area contributed by atoms with Crippen molar-refractivity contribution in [2.45, 2.75) is 44.4 Å². The van der Waals surface area contributed by atoms with E-state index in [1.165, 1.54) is 4.90 Å². The van der Waals surface area contributed by atoms with Gasteiger partial charge in [-0.1, -0.05) is 30.3 Å². The largest absolute Gasteiger partial charge is 0.452 e. The molecule has 1 aromatic rings. The molecule has 8 heteroatoms. The molecule has 2 amide bonds. The first kappa shape index (κ1) is 19.9. The third-order valence-corrected chi connectivity index (χ3v) is 4.40. The Morgan fingerprint density at radius 2 is 1.81 bits per heavy atom. The van der Waals surface area contributed by atoms with Crippen LogP contribution in [0, 0.1) is 0 Å². The number of halogens is 3. The molecular weight excluding hydrogens is 349 g/mol. The van der Waals surface area contributed by atoms with Crippen molar-refractivity contribution in [3.8, 4) is 0 Å². The normalized spacial score (nSPS) is 17.2.